The van der Waals surface area contributed by atoms with Crippen molar-refractivity contribution in [3.8, 4) is 0 Å². The van der Waals surface area contributed by atoms with Crippen LogP contribution in [0.1, 0.15) is 82.3 Å². The first kappa shape index (κ1) is 21.3. The third-order valence-electron chi connectivity index (χ3n) is 6.09. The van der Waals surface area contributed by atoms with E-state index in [1.807, 2.05) is 6.07 Å². The maximum atomic E-state index is 13.2. The first-order chi connectivity index (χ1) is 12.3. The van der Waals surface area contributed by atoms with Gasteiger partial charge in [0.2, 0.25) is 0 Å². The highest BCUT2D eigenvalue weighted by Crippen LogP contribution is 2.48. The van der Waals surface area contributed by atoms with Crippen molar-refractivity contribution >= 4 is 0 Å². The molecule has 26 heavy (non-hydrogen) atoms. The molecular formula is C22H34F3N. The largest absolute Gasteiger partial charge is 0.416 e. The van der Waals surface area contributed by atoms with Crippen molar-refractivity contribution in [2.75, 3.05) is 20.1 Å². The molecule has 4 heteroatoms. The molecule has 1 aliphatic carbocycles. The van der Waals surface area contributed by atoms with Crippen LogP contribution in [0.15, 0.2) is 24.3 Å². The zero-order chi connectivity index (χ0) is 19.2. The number of hydrogen-bond acceptors (Lipinski definition) is 1. The molecule has 0 bridgehead atoms. The Morgan fingerprint density at radius 3 is 2.42 bits per heavy atom. The number of benzene rings is 1. The lowest BCUT2D eigenvalue weighted by molar-refractivity contribution is -0.137. The standard InChI is InChI=1S/C22H34F3N/c1-4-5-9-15-26(3)17-20(21(2)13-7-6-8-14-21)18-11-10-12-19(16-18)22(23,24)25/h10-12,16,20H,4-9,13-15,17H2,1-3H3. The smallest absolute Gasteiger partial charge is 0.306 e. The molecule has 0 heterocycles. The van der Waals surface area contributed by atoms with Gasteiger partial charge in [-0.1, -0.05) is 64.2 Å². The number of hydrogen-bond donors (Lipinski definition) is 0. The van der Waals surface area contributed by atoms with Crippen molar-refractivity contribution in [3.63, 3.8) is 0 Å². The third kappa shape index (κ3) is 5.73. The minimum absolute atomic E-state index is 0.0848. The summed E-state index contributed by atoms with van der Waals surface area (Å²) in [6, 6.07) is 6.06. The monoisotopic (exact) mass is 369 g/mol. The Kier molecular flexibility index (Phi) is 7.57. The Morgan fingerprint density at radius 1 is 1.12 bits per heavy atom. The van der Waals surface area contributed by atoms with Crippen molar-refractivity contribution in [3.05, 3.63) is 35.4 Å². The Labute approximate surface area is 157 Å². The second-order valence-corrected chi connectivity index (χ2v) is 8.36. The van der Waals surface area contributed by atoms with Gasteiger partial charge in [0.05, 0.1) is 5.56 Å². The normalized spacial score (nSPS) is 18.9. The van der Waals surface area contributed by atoms with E-state index in [2.05, 4.69) is 25.8 Å². The van der Waals surface area contributed by atoms with E-state index < -0.39 is 11.7 Å². The highest BCUT2D eigenvalue weighted by atomic mass is 19.4. The van der Waals surface area contributed by atoms with Gasteiger partial charge in [0, 0.05) is 12.5 Å². The number of rotatable bonds is 8. The molecule has 1 aromatic rings. The van der Waals surface area contributed by atoms with Crippen LogP contribution in [0.2, 0.25) is 0 Å². The molecule has 0 aromatic heterocycles. The predicted octanol–water partition coefficient (Wildman–Crippen LogP) is 6.88. The van der Waals surface area contributed by atoms with Crippen LogP contribution in [0.25, 0.3) is 0 Å². The van der Waals surface area contributed by atoms with Crippen LogP contribution in [0, 0.1) is 5.41 Å². The van der Waals surface area contributed by atoms with Crippen LogP contribution < -0.4 is 0 Å². The number of likely N-dealkylation sites (N-methyl/N-ethyl adjacent to an activating group) is 1. The van der Waals surface area contributed by atoms with Gasteiger partial charge in [-0.25, -0.2) is 0 Å². The van der Waals surface area contributed by atoms with E-state index >= 15 is 0 Å². The summed E-state index contributed by atoms with van der Waals surface area (Å²) in [6.45, 7) is 6.33. The maximum Gasteiger partial charge on any atom is 0.416 e. The zero-order valence-electron chi connectivity index (χ0n) is 16.5. The second-order valence-electron chi connectivity index (χ2n) is 8.36. The van der Waals surface area contributed by atoms with E-state index in [1.54, 1.807) is 6.07 Å². The summed E-state index contributed by atoms with van der Waals surface area (Å²) in [5.74, 6) is 0.150. The summed E-state index contributed by atoms with van der Waals surface area (Å²) < 4.78 is 39.7. The van der Waals surface area contributed by atoms with Crippen LogP contribution in [0.3, 0.4) is 0 Å². The van der Waals surface area contributed by atoms with Gasteiger partial charge in [-0.2, -0.15) is 13.2 Å². The quantitative estimate of drug-likeness (QED) is 0.451. The molecule has 2 rings (SSSR count). The molecule has 0 saturated heterocycles. The average molecular weight is 370 g/mol. The summed E-state index contributed by atoms with van der Waals surface area (Å²) in [6.07, 6.45) is 5.10. The average Bonchev–Trinajstić information content (AvgIpc) is 2.60. The minimum Gasteiger partial charge on any atom is -0.306 e. The second kappa shape index (κ2) is 9.25. The van der Waals surface area contributed by atoms with Crippen molar-refractivity contribution < 1.29 is 13.2 Å². The predicted molar refractivity (Wildman–Crippen MR) is 102 cm³/mol. The fourth-order valence-electron chi connectivity index (χ4n) is 4.40. The lowest BCUT2D eigenvalue weighted by Crippen LogP contribution is -2.36. The zero-order valence-corrected chi connectivity index (χ0v) is 16.5. The first-order valence-electron chi connectivity index (χ1n) is 10.1. The number of halogens is 3. The molecule has 0 aliphatic heterocycles. The number of nitrogens with zero attached hydrogens (tertiary/aromatic N) is 1. The maximum absolute atomic E-state index is 13.2. The molecule has 0 spiro atoms. The van der Waals surface area contributed by atoms with Gasteiger partial charge in [-0.15, -0.1) is 0 Å². The van der Waals surface area contributed by atoms with E-state index in [1.165, 1.54) is 44.2 Å². The summed E-state index contributed by atoms with van der Waals surface area (Å²) in [5.41, 5.74) is 0.418. The Bertz CT molecular complexity index is 547. The third-order valence-corrected chi connectivity index (χ3v) is 6.09. The molecule has 1 saturated carbocycles. The minimum atomic E-state index is -4.28. The van der Waals surface area contributed by atoms with E-state index in [0.29, 0.717) is 0 Å². The van der Waals surface area contributed by atoms with Gasteiger partial charge in [-0.3, -0.25) is 0 Å². The molecule has 0 N–H and O–H groups in total. The summed E-state index contributed by atoms with van der Waals surface area (Å²) >= 11 is 0. The fourth-order valence-corrected chi connectivity index (χ4v) is 4.40. The van der Waals surface area contributed by atoms with E-state index in [4.69, 9.17) is 0 Å². The molecular weight excluding hydrogens is 335 g/mol. The Hall–Kier alpha value is -1.03. The Balaban J connectivity index is 2.25. The van der Waals surface area contributed by atoms with Crippen molar-refractivity contribution in [2.45, 2.75) is 77.3 Å². The van der Waals surface area contributed by atoms with E-state index in [-0.39, 0.29) is 11.3 Å². The lowest BCUT2D eigenvalue weighted by Gasteiger charge is -2.43. The van der Waals surface area contributed by atoms with Crippen LogP contribution in [0.4, 0.5) is 13.2 Å². The molecule has 1 aromatic carbocycles. The van der Waals surface area contributed by atoms with Gasteiger partial charge in [0.15, 0.2) is 0 Å². The molecule has 1 nitrogen and oxygen atoms in total. The van der Waals surface area contributed by atoms with Crippen LogP contribution in [-0.2, 0) is 6.18 Å². The SMILES string of the molecule is CCCCCN(C)CC(c1cccc(C(F)(F)F)c1)C1(C)CCCCC1. The molecule has 1 unspecified atom stereocenters. The molecule has 0 amide bonds. The summed E-state index contributed by atoms with van der Waals surface area (Å²) in [7, 11) is 2.11. The molecule has 1 aliphatic rings. The fraction of sp³-hybridized carbons (Fsp3) is 0.727. The van der Waals surface area contributed by atoms with Crippen LogP contribution in [-0.4, -0.2) is 25.0 Å². The van der Waals surface area contributed by atoms with Gasteiger partial charge in [-0.05, 0) is 49.9 Å². The summed E-state index contributed by atoms with van der Waals surface area (Å²) in [4.78, 5) is 2.32. The number of unbranched alkanes of at least 4 members (excludes halogenated alkanes) is 2. The van der Waals surface area contributed by atoms with E-state index in [9.17, 15) is 13.2 Å². The van der Waals surface area contributed by atoms with Crippen LogP contribution in [0.5, 0.6) is 0 Å². The van der Waals surface area contributed by atoms with Gasteiger partial charge >= 0.3 is 6.18 Å². The van der Waals surface area contributed by atoms with Gasteiger partial charge in [0.1, 0.15) is 0 Å². The van der Waals surface area contributed by atoms with Gasteiger partial charge in [0.25, 0.3) is 0 Å². The van der Waals surface area contributed by atoms with Crippen molar-refractivity contribution in [1.29, 1.82) is 0 Å². The van der Waals surface area contributed by atoms with Crippen molar-refractivity contribution in [2.24, 2.45) is 5.41 Å². The topological polar surface area (TPSA) is 3.24 Å². The lowest BCUT2D eigenvalue weighted by atomic mass is 9.64. The summed E-state index contributed by atoms with van der Waals surface area (Å²) in [5, 5.41) is 0. The van der Waals surface area contributed by atoms with Crippen LogP contribution >= 0.6 is 0 Å². The molecule has 1 atom stereocenters. The highest BCUT2D eigenvalue weighted by molar-refractivity contribution is 5.30. The highest BCUT2D eigenvalue weighted by Gasteiger charge is 2.38. The molecule has 1 fully saturated rings. The first-order valence-corrected chi connectivity index (χ1v) is 10.1. The molecule has 148 valence electrons. The molecule has 0 radical (unpaired) electrons. The van der Waals surface area contributed by atoms with Gasteiger partial charge < -0.3 is 4.90 Å². The number of alkyl halides is 3. The van der Waals surface area contributed by atoms with E-state index in [0.717, 1.165) is 37.9 Å². The van der Waals surface area contributed by atoms with Crippen molar-refractivity contribution in [1.82, 2.24) is 4.90 Å². The Morgan fingerprint density at radius 2 is 1.81 bits per heavy atom.